The van der Waals surface area contributed by atoms with Crippen molar-refractivity contribution in [2.24, 2.45) is 5.92 Å². The Labute approximate surface area is 158 Å². The van der Waals surface area contributed by atoms with Crippen LogP contribution in [-0.2, 0) is 27.1 Å². The molecule has 0 radical (unpaired) electrons. The van der Waals surface area contributed by atoms with Gasteiger partial charge in [0.05, 0.1) is 31.4 Å². The van der Waals surface area contributed by atoms with E-state index in [2.05, 4.69) is 17.1 Å². The molecule has 1 aromatic heterocycles. The minimum atomic E-state index is -0.360. The Morgan fingerprint density at radius 2 is 1.96 bits per heavy atom. The molecule has 144 valence electrons. The third kappa shape index (κ3) is 4.27. The number of carbonyl (C=O) groups is 2. The number of thiophene rings is 1. The highest BCUT2D eigenvalue weighted by Crippen LogP contribution is 2.40. The van der Waals surface area contributed by atoms with Crippen LogP contribution in [0.15, 0.2) is 0 Å². The van der Waals surface area contributed by atoms with E-state index >= 15 is 0 Å². The molecule has 2 heterocycles. The summed E-state index contributed by atoms with van der Waals surface area (Å²) in [7, 11) is 1.39. The van der Waals surface area contributed by atoms with Crippen molar-refractivity contribution in [2.45, 2.75) is 52.2 Å². The van der Waals surface area contributed by atoms with Crippen LogP contribution in [-0.4, -0.2) is 55.7 Å². The molecule has 0 bridgehead atoms. The van der Waals surface area contributed by atoms with Gasteiger partial charge in [0.1, 0.15) is 5.00 Å². The third-order valence-corrected chi connectivity index (χ3v) is 6.19. The number of ether oxygens (including phenoxy) is 2. The van der Waals surface area contributed by atoms with Gasteiger partial charge in [0.15, 0.2) is 0 Å². The number of anilines is 1. The van der Waals surface area contributed by atoms with Crippen LogP contribution in [0.2, 0.25) is 0 Å². The SMILES string of the molecule is COC(=O)c1c(NC(=O)CN2CC(C)OC(C)C2)sc2c1CCC(C)C2. The molecule has 26 heavy (non-hydrogen) atoms. The molecule has 1 saturated heterocycles. The van der Waals surface area contributed by atoms with Crippen molar-refractivity contribution in [1.82, 2.24) is 4.90 Å². The fourth-order valence-corrected chi connectivity index (χ4v) is 5.35. The van der Waals surface area contributed by atoms with Gasteiger partial charge >= 0.3 is 5.97 Å². The van der Waals surface area contributed by atoms with E-state index in [0.29, 0.717) is 23.0 Å². The topological polar surface area (TPSA) is 67.9 Å². The molecule has 3 atom stereocenters. The molecule has 1 aliphatic carbocycles. The lowest BCUT2D eigenvalue weighted by Crippen LogP contribution is -2.48. The van der Waals surface area contributed by atoms with Gasteiger partial charge < -0.3 is 14.8 Å². The number of hydrogen-bond donors (Lipinski definition) is 1. The largest absolute Gasteiger partial charge is 0.465 e. The highest BCUT2D eigenvalue weighted by molar-refractivity contribution is 7.17. The maximum Gasteiger partial charge on any atom is 0.341 e. The van der Waals surface area contributed by atoms with Gasteiger partial charge in [-0.15, -0.1) is 11.3 Å². The van der Waals surface area contributed by atoms with Crippen LogP contribution in [0.25, 0.3) is 0 Å². The van der Waals surface area contributed by atoms with Crippen molar-refractivity contribution in [3.8, 4) is 0 Å². The second kappa shape index (κ2) is 8.06. The average molecular weight is 381 g/mol. The van der Waals surface area contributed by atoms with E-state index in [4.69, 9.17) is 9.47 Å². The van der Waals surface area contributed by atoms with E-state index < -0.39 is 0 Å². The maximum absolute atomic E-state index is 12.6. The number of morpholine rings is 1. The summed E-state index contributed by atoms with van der Waals surface area (Å²) in [5, 5.41) is 3.61. The minimum Gasteiger partial charge on any atom is -0.465 e. The van der Waals surface area contributed by atoms with E-state index in [1.807, 2.05) is 13.8 Å². The van der Waals surface area contributed by atoms with Crippen molar-refractivity contribution in [3.63, 3.8) is 0 Å². The van der Waals surface area contributed by atoms with Crippen LogP contribution in [0, 0.1) is 5.92 Å². The Morgan fingerprint density at radius 3 is 2.62 bits per heavy atom. The molecule has 3 rings (SSSR count). The second-order valence-electron chi connectivity index (χ2n) is 7.55. The lowest BCUT2D eigenvalue weighted by molar-refractivity contribution is -0.121. The number of methoxy groups -OCH3 is 1. The summed E-state index contributed by atoms with van der Waals surface area (Å²) in [5.74, 6) is 0.149. The standard InChI is InChI=1S/C19H28N2O4S/c1-11-5-6-14-15(7-11)26-18(17(14)19(23)24-4)20-16(22)10-21-8-12(2)25-13(3)9-21/h11-13H,5-10H2,1-4H3,(H,20,22). The Balaban J connectivity index is 1.74. The fraction of sp³-hybridized carbons (Fsp3) is 0.684. The summed E-state index contributed by atoms with van der Waals surface area (Å²) in [6.07, 6.45) is 3.12. The van der Waals surface area contributed by atoms with Crippen LogP contribution in [0.3, 0.4) is 0 Å². The monoisotopic (exact) mass is 380 g/mol. The number of rotatable bonds is 4. The van der Waals surface area contributed by atoms with Crippen LogP contribution < -0.4 is 5.32 Å². The quantitative estimate of drug-likeness (QED) is 0.814. The molecule has 1 N–H and O–H groups in total. The summed E-state index contributed by atoms with van der Waals surface area (Å²) >= 11 is 1.52. The summed E-state index contributed by atoms with van der Waals surface area (Å²) < 4.78 is 10.7. The zero-order valence-corrected chi connectivity index (χ0v) is 16.8. The molecule has 3 unspecified atom stereocenters. The molecule has 2 aliphatic rings. The van der Waals surface area contributed by atoms with Gasteiger partial charge in [-0.1, -0.05) is 6.92 Å². The Hall–Kier alpha value is -1.44. The van der Waals surface area contributed by atoms with Gasteiger partial charge in [-0.25, -0.2) is 4.79 Å². The van der Waals surface area contributed by atoms with Gasteiger partial charge in [-0.2, -0.15) is 0 Å². The highest BCUT2D eigenvalue weighted by Gasteiger charge is 2.30. The molecule has 0 saturated carbocycles. The van der Waals surface area contributed by atoms with E-state index in [0.717, 1.165) is 37.9 Å². The van der Waals surface area contributed by atoms with Crippen LogP contribution in [0.4, 0.5) is 5.00 Å². The first-order valence-corrected chi connectivity index (χ1v) is 10.1. The summed E-state index contributed by atoms with van der Waals surface area (Å²) in [6.45, 7) is 8.03. The van der Waals surface area contributed by atoms with Crippen molar-refractivity contribution in [2.75, 3.05) is 32.1 Å². The Bertz CT molecular complexity index is 677. The number of carbonyl (C=O) groups excluding carboxylic acids is 2. The average Bonchev–Trinajstić information content (AvgIpc) is 2.89. The van der Waals surface area contributed by atoms with Crippen molar-refractivity contribution < 1.29 is 19.1 Å². The molecule has 1 aliphatic heterocycles. The van der Waals surface area contributed by atoms with Crippen LogP contribution >= 0.6 is 11.3 Å². The lowest BCUT2D eigenvalue weighted by atomic mass is 9.88. The third-order valence-electron chi connectivity index (χ3n) is 5.02. The predicted molar refractivity (Wildman–Crippen MR) is 102 cm³/mol. The minimum absolute atomic E-state index is 0.0944. The summed E-state index contributed by atoms with van der Waals surface area (Å²) in [5.41, 5.74) is 1.61. The fourth-order valence-electron chi connectivity index (χ4n) is 3.94. The summed E-state index contributed by atoms with van der Waals surface area (Å²) in [4.78, 5) is 28.2. The Kier molecular flexibility index (Phi) is 5.99. The molecule has 1 amide bonds. The number of nitrogens with one attached hydrogen (secondary N) is 1. The van der Waals surface area contributed by atoms with Gasteiger partial charge in [-0.3, -0.25) is 9.69 Å². The molecular formula is C19H28N2O4S. The van der Waals surface area contributed by atoms with Crippen molar-refractivity contribution >= 4 is 28.2 Å². The summed E-state index contributed by atoms with van der Waals surface area (Å²) in [6, 6.07) is 0. The molecule has 7 heteroatoms. The molecular weight excluding hydrogens is 352 g/mol. The van der Waals surface area contributed by atoms with E-state index in [1.54, 1.807) is 0 Å². The number of nitrogens with zero attached hydrogens (tertiary/aromatic N) is 1. The van der Waals surface area contributed by atoms with Crippen molar-refractivity contribution in [1.29, 1.82) is 0 Å². The zero-order chi connectivity index (χ0) is 18.8. The predicted octanol–water partition coefficient (Wildman–Crippen LogP) is 2.71. The molecule has 1 aromatic rings. The first-order chi connectivity index (χ1) is 12.4. The van der Waals surface area contributed by atoms with Crippen LogP contribution in [0.5, 0.6) is 0 Å². The molecule has 1 fully saturated rings. The number of fused-ring (bicyclic) bond motifs is 1. The maximum atomic E-state index is 12.6. The smallest absolute Gasteiger partial charge is 0.341 e. The van der Waals surface area contributed by atoms with E-state index in [9.17, 15) is 9.59 Å². The number of hydrogen-bond acceptors (Lipinski definition) is 6. The van der Waals surface area contributed by atoms with Gasteiger partial charge in [-0.05, 0) is 44.6 Å². The normalized spacial score (nSPS) is 26.2. The first kappa shape index (κ1) is 19.3. The van der Waals surface area contributed by atoms with E-state index in [-0.39, 0.29) is 24.1 Å². The van der Waals surface area contributed by atoms with Gasteiger partial charge in [0, 0.05) is 18.0 Å². The highest BCUT2D eigenvalue weighted by atomic mass is 32.1. The molecule has 6 nitrogen and oxygen atoms in total. The second-order valence-corrected chi connectivity index (χ2v) is 8.65. The van der Waals surface area contributed by atoms with Crippen LogP contribution in [0.1, 0.15) is 48.0 Å². The molecule has 0 aromatic carbocycles. The van der Waals surface area contributed by atoms with Crippen molar-refractivity contribution in [3.05, 3.63) is 16.0 Å². The lowest BCUT2D eigenvalue weighted by Gasteiger charge is -2.34. The number of esters is 1. The van der Waals surface area contributed by atoms with Gasteiger partial charge in [0.25, 0.3) is 0 Å². The zero-order valence-electron chi connectivity index (χ0n) is 16.0. The van der Waals surface area contributed by atoms with E-state index in [1.165, 1.54) is 23.3 Å². The Morgan fingerprint density at radius 1 is 1.27 bits per heavy atom. The first-order valence-electron chi connectivity index (χ1n) is 9.27. The van der Waals surface area contributed by atoms with Gasteiger partial charge in [0.2, 0.25) is 5.91 Å². The number of amides is 1. The molecule has 0 spiro atoms.